The molecule has 8 aromatic carbocycles. The van der Waals surface area contributed by atoms with E-state index in [-0.39, 0.29) is 0 Å². The number of pyridine rings is 1. The van der Waals surface area contributed by atoms with Gasteiger partial charge in [0.25, 0.3) is 0 Å². The maximum atomic E-state index is 6.29. The lowest BCUT2D eigenvalue weighted by Crippen LogP contribution is -2.01. The Hall–Kier alpha value is -7.96. The second-order valence-corrected chi connectivity index (χ2v) is 14.5. The van der Waals surface area contributed by atoms with Crippen molar-refractivity contribution in [2.75, 3.05) is 0 Å². The Morgan fingerprint density at radius 2 is 0.776 bits per heavy atom. The molecule has 6 heteroatoms. The normalized spacial score (nSPS) is 11.8. The summed E-state index contributed by atoms with van der Waals surface area (Å²) in [5, 5.41) is 8.60. The van der Waals surface area contributed by atoms with Gasteiger partial charge in [0.05, 0.1) is 0 Å². The van der Waals surface area contributed by atoms with Crippen LogP contribution in [0.5, 0.6) is 0 Å². The molecule has 0 aliphatic rings. The molecule has 0 bridgehead atoms. The van der Waals surface area contributed by atoms with Crippen LogP contribution in [-0.2, 0) is 0 Å². The smallest absolute Gasteiger partial charge is 0.227 e. The van der Waals surface area contributed by atoms with E-state index in [0.29, 0.717) is 23.2 Å². The molecule has 4 aromatic heterocycles. The molecule has 4 heterocycles. The van der Waals surface area contributed by atoms with Gasteiger partial charge in [-0.25, -0.2) is 19.9 Å². The summed E-state index contributed by atoms with van der Waals surface area (Å²) in [6, 6.07) is 60.8. The van der Waals surface area contributed by atoms with E-state index < -0.39 is 0 Å². The van der Waals surface area contributed by atoms with Crippen LogP contribution in [0, 0.1) is 0 Å². The number of benzene rings is 8. The summed E-state index contributed by atoms with van der Waals surface area (Å²) in [6.07, 6.45) is 1.74. The molecule has 0 saturated carbocycles. The average molecular weight is 743 g/mol. The summed E-state index contributed by atoms with van der Waals surface area (Å²) in [7, 11) is 0. The second kappa shape index (κ2) is 12.8. The Kier molecular flexibility index (Phi) is 7.13. The van der Waals surface area contributed by atoms with Crippen molar-refractivity contribution < 1.29 is 8.83 Å². The van der Waals surface area contributed by atoms with Gasteiger partial charge in [0.1, 0.15) is 16.7 Å². The SMILES string of the molecule is c1ccc(-c2nc(-c3ccc(-c4ccc(-c5cccc6oc7ccccc7c56)c5ccccc45)c4ccccc34)nc(-c3cccc4oc5ncccc5c34)n2)cc1. The van der Waals surface area contributed by atoms with Crippen LogP contribution in [0.1, 0.15) is 0 Å². The molecule has 0 aliphatic carbocycles. The fourth-order valence-electron chi connectivity index (χ4n) is 8.68. The third kappa shape index (κ3) is 4.98. The first-order valence-electron chi connectivity index (χ1n) is 19.3. The molecule has 0 atom stereocenters. The largest absolute Gasteiger partial charge is 0.456 e. The quantitative estimate of drug-likeness (QED) is 0.175. The van der Waals surface area contributed by atoms with Gasteiger partial charge in [-0.05, 0) is 80.2 Å². The highest BCUT2D eigenvalue weighted by molar-refractivity contribution is 6.18. The number of furan rings is 2. The van der Waals surface area contributed by atoms with Crippen molar-refractivity contribution in [3.8, 4) is 56.4 Å². The van der Waals surface area contributed by atoms with Gasteiger partial charge in [0, 0.05) is 44.4 Å². The van der Waals surface area contributed by atoms with Gasteiger partial charge in [0.2, 0.25) is 5.71 Å². The van der Waals surface area contributed by atoms with Crippen LogP contribution in [0.25, 0.3) is 122 Å². The first-order valence-corrected chi connectivity index (χ1v) is 19.3. The van der Waals surface area contributed by atoms with Crippen LogP contribution in [0.2, 0.25) is 0 Å². The van der Waals surface area contributed by atoms with Crippen LogP contribution >= 0.6 is 0 Å². The number of hydrogen-bond donors (Lipinski definition) is 0. The molecule has 6 nitrogen and oxygen atoms in total. The predicted molar refractivity (Wildman–Crippen MR) is 234 cm³/mol. The Morgan fingerprint density at radius 3 is 1.48 bits per heavy atom. The van der Waals surface area contributed by atoms with Gasteiger partial charge >= 0.3 is 0 Å². The molecule has 0 spiro atoms. The molecular weight excluding hydrogens is 713 g/mol. The van der Waals surface area contributed by atoms with E-state index in [1.54, 1.807) is 6.20 Å². The van der Waals surface area contributed by atoms with Gasteiger partial charge in [-0.2, -0.15) is 0 Å². The van der Waals surface area contributed by atoms with Crippen molar-refractivity contribution in [2.24, 2.45) is 0 Å². The number of hydrogen-bond acceptors (Lipinski definition) is 6. The second-order valence-electron chi connectivity index (χ2n) is 14.5. The molecule has 0 aliphatic heterocycles. The van der Waals surface area contributed by atoms with E-state index in [0.717, 1.165) is 82.4 Å². The minimum absolute atomic E-state index is 0.566. The standard InChI is InChI=1S/C52H30N4O2/c1-2-13-31(14-3-1)49-54-50(56-51(55-49)42-21-11-25-46-48(42)43-22-12-30-53-52(43)58-46)40-29-28-37(34-17-6-7-18-35(34)40)36-26-27-38(33-16-5-4-15-32(33)36)39-20-10-24-45-47(39)41-19-8-9-23-44(41)57-45/h1-30H. The van der Waals surface area contributed by atoms with Crippen LogP contribution in [0.15, 0.2) is 191 Å². The van der Waals surface area contributed by atoms with Crippen molar-refractivity contribution in [1.29, 1.82) is 0 Å². The third-order valence-electron chi connectivity index (χ3n) is 11.3. The zero-order valence-electron chi connectivity index (χ0n) is 30.9. The Labute approximate surface area is 331 Å². The highest BCUT2D eigenvalue weighted by Gasteiger charge is 2.21. The summed E-state index contributed by atoms with van der Waals surface area (Å²) in [5.74, 6) is 1.75. The van der Waals surface area contributed by atoms with E-state index >= 15 is 0 Å². The van der Waals surface area contributed by atoms with Crippen molar-refractivity contribution in [3.05, 3.63) is 182 Å². The maximum absolute atomic E-state index is 6.29. The molecule has 0 N–H and O–H groups in total. The Morgan fingerprint density at radius 1 is 0.293 bits per heavy atom. The first-order chi connectivity index (χ1) is 28.8. The molecule has 12 aromatic rings. The van der Waals surface area contributed by atoms with E-state index in [9.17, 15) is 0 Å². The zero-order valence-corrected chi connectivity index (χ0v) is 30.9. The summed E-state index contributed by atoms with van der Waals surface area (Å²) in [5.41, 5.74) is 10.4. The van der Waals surface area contributed by atoms with Crippen molar-refractivity contribution in [3.63, 3.8) is 0 Å². The summed E-state index contributed by atoms with van der Waals surface area (Å²) in [6.45, 7) is 0. The lowest BCUT2D eigenvalue weighted by molar-refractivity contribution is 0.654. The summed E-state index contributed by atoms with van der Waals surface area (Å²) >= 11 is 0. The highest BCUT2D eigenvalue weighted by Crippen LogP contribution is 2.44. The Bertz CT molecular complexity index is 3590. The number of fused-ring (bicyclic) bond motifs is 8. The van der Waals surface area contributed by atoms with Gasteiger partial charge in [-0.15, -0.1) is 0 Å². The zero-order chi connectivity index (χ0) is 38.2. The number of para-hydroxylation sites is 1. The molecule has 58 heavy (non-hydrogen) atoms. The van der Waals surface area contributed by atoms with E-state index in [1.807, 2.05) is 72.8 Å². The number of aromatic nitrogens is 4. The van der Waals surface area contributed by atoms with Crippen LogP contribution in [0.4, 0.5) is 0 Å². The van der Waals surface area contributed by atoms with Crippen molar-refractivity contribution in [1.82, 2.24) is 19.9 Å². The highest BCUT2D eigenvalue weighted by atomic mass is 16.3. The van der Waals surface area contributed by atoms with E-state index in [2.05, 4.69) is 108 Å². The molecule has 0 saturated heterocycles. The van der Waals surface area contributed by atoms with Gasteiger partial charge < -0.3 is 8.83 Å². The van der Waals surface area contributed by atoms with Crippen LogP contribution in [-0.4, -0.2) is 19.9 Å². The average Bonchev–Trinajstić information content (AvgIpc) is 3.87. The third-order valence-corrected chi connectivity index (χ3v) is 11.3. The van der Waals surface area contributed by atoms with Crippen LogP contribution < -0.4 is 0 Å². The minimum atomic E-state index is 0.566. The summed E-state index contributed by atoms with van der Waals surface area (Å²) < 4.78 is 12.5. The van der Waals surface area contributed by atoms with Crippen molar-refractivity contribution >= 4 is 65.6 Å². The lowest BCUT2D eigenvalue weighted by atomic mass is 9.88. The fourth-order valence-corrected chi connectivity index (χ4v) is 8.68. The fraction of sp³-hybridized carbons (Fsp3) is 0. The molecular formula is C52H30N4O2. The van der Waals surface area contributed by atoms with E-state index in [4.69, 9.17) is 23.8 Å². The monoisotopic (exact) mass is 742 g/mol. The molecule has 0 radical (unpaired) electrons. The minimum Gasteiger partial charge on any atom is -0.456 e. The predicted octanol–water partition coefficient (Wildman–Crippen LogP) is 13.7. The maximum Gasteiger partial charge on any atom is 0.227 e. The number of nitrogens with zero attached hydrogens (tertiary/aromatic N) is 4. The van der Waals surface area contributed by atoms with Gasteiger partial charge in [0.15, 0.2) is 17.5 Å². The lowest BCUT2D eigenvalue weighted by Gasteiger charge is -2.16. The Balaban J connectivity index is 1.06. The van der Waals surface area contributed by atoms with Gasteiger partial charge in [-0.1, -0.05) is 140 Å². The topological polar surface area (TPSA) is 77.8 Å². The number of rotatable bonds is 5. The molecule has 270 valence electrons. The molecule has 0 fully saturated rings. The molecule has 0 amide bonds. The summed E-state index contributed by atoms with van der Waals surface area (Å²) in [4.78, 5) is 20.0. The molecule has 0 unspecified atom stereocenters. The first kappa shape index (κ1) is 32.3. The van der Waals surface area contributed by atoms with Crippen LogP contribution in [0.3, 0.4) is 0 Å². The molecule has 12 rings (SSSR count). The van der Waals surface area contributed by atoms with Gasteiger partial charge in [-0.3, -0.25) is 0 Å². The van der Waals surface area contributed by atoms with E-state index in [1.165, 1.54) is 16.3 Å². The van der Waals surface area contributed by atoms with Crippen molar-refractivity contribution in [2.45, 2.75) is 0 Å².